The van der Waals surface area contributed by atoms with Gasteiger partial charge < -0.3 is 9.84 Å². The Bertz CT molecular complexity index is 1150. The number of hydrogen-bond donors (Lipinski definition) is 1. The second-order valence-corrected chi connectivity index (χ2v) is 8.34. The number of halogens is 1. The van der Waals surface area contributed by atoms with E-state index < -0.39 is 18.1 Å². The molecule has 0 fully saturated rings. The molecule has 0 aromatic heterocycles. The Hall–Kier alpha value is -3.31. The summed E-state index contributed by atoms with van der Waals surface area (Å²) in [5.41, 5.74) is 6.25. The Balaban J connectivity index is 1.38. The molecule has 0 radical (unpaired) electrons. The predicted molar refractivity (Wildman–Crippen MR) is 117 cm³/mol. The van der Waals surface area contributed by atoms with Gasteiger partial charge in [-0.3, -0.25) is 4.90 Å². The molecular weight excluding hydrogens is 414 g/mol. The highest BCUT2D eigenvalue weighted by molar-refractivity contribution is 6.30. The molecule has 1 aliphatic heterocycles. The van der Waals surface area contributed by atoms with E-state index in [2.05, 4.69) is 12.1 Å². The average Bonchev–Trinajstić information content (AvgIpc) is 3.10. The molecule has 5 rings (SSSR count). The van der Waals surface area contributed by atoms with Crippen molar-refractivity contribution in [1.29, 1.82) is 0 Å². The molecule has 1 N–H and O–H groups in total. The average molecular weight is 434 g/mol. The molecule has 0 saturated carbocycles. The van der Waals surface area contributed by atoms with E-state index in [0.29, 0.717) is 5.02 Å². The van der Waals surface area contributed by atoms with Crippen LogP contribution in [0, 0.1) is 0 Å². The zero-order chi connectivity index (χ0) is 21.5. The number of rotatable bonds is 3. The fourth-order valence-electron chi connectivity index (χ4n) is 4.64. The second-order valence-electron chi connectivity index (χ2n) is 7.90. The molecule has 0 spiro atoms. The Morgan fingerprint density at radius 1 is 0.968 bits per heavy atom. The van der Waals surface area contributed by atoms with Crippen molar-refractivity contribution in [3.8, 4) is 11.1 Å². The Labute approximate surface area is 184 Å². The van der Waals surface area contributed by atoms with Gasteiger partial charge in [0.2, 0.25) is 0 Å². The minimum atomic E-state index is -1.05. The van der Waals surface area contributed by atoms with Gasteiger partial charge in [0.1, 0.15) is 12.6 Å². The van der Waals surface area contributed by atoms with Crippen molar-refractivity contribution >= 4 is 23.7 Å². The first-order valence-corrected chi connectivity index (χ1v) is 10.5. The van der Waals surface area contributed by atoms with Gasteiger partial charge in [-0.1, -0.05) is 66.2 Å². The molecule has 0 bridgehead atoms. The lowest BCUT2D eigenvalue weighted by Crippen LogP contribution is -2.49. The molecular formula is C25H20ClNO4. The summed E-state index contributed by atoms with van der Waals surface area (Å²) in [4.78, 5) is 26.1. The predicted octanol–water partition coefficient (Wildman–Crippen LogP) is 5.10. The number of amides is 1. The molecule has 5 nitrogen and oxygen atoms in total. The first-order chi connectivity index (χ1) is 15.0. The van der Waals surface area contributed by atoms with E-state index in [-0.39, 0.29) is 25.5 Å². The van der Waals surface area contributed by atoms with E-state index in [1.807, 2.05) is 42.5 Å². The van der Waals surface area contributed by atoms with Crippen LogP contribution in [0.4, 0.5) is 4.79 Å². The molecule has 1 aliphatic carbocycles. The van der Waals surface area contributed by atoms with Crippen LogP contribution in [0.1, 0.15) is 28.2 Å². The number of ether oxygens (including phenoxy) is 1. The fourth-order valence-corrected chi connectivity index (χ4v) is 4.84. The first kappa shape index (κ1) is 19.6. The van der Waals surface area contributed by atoms with Crippen molar-refractivity contribution in [3.05, 3.63) is 94.0 Å². The van der Waals surface area contributed by atoms with Crippen LogP contribution >= 0.6 is 11.6 Å². The van der Waals surface area contributed by atoms with Crippen LogP contribution in [-0.4, -0.2) is 34.7 Å². The molecule has 1 unspecified atom stereocenters. The lowest BCUT2D eigenvalue weighted by atomic mass is 9.94. The highest BCUT2D eigenvalue weighted by Crippen LogP contribution is 2.44. The minimum absolute atomic E-state index is 0.0776. The summed E-state index contributed by atoms with van der Waals surface area (Å²) in [6, 6.07) is 20.6. The smallest absolute Gasteiger partial charge is 0.410 e. The molecule has 1 amide bonds. The quantitative estimate of drug-likeness (QED) is 0.624. The number of carboxylic acid groups (broad SMARTS) is 1. The lowest BCUT2D eigenvalue weighted by Gasteiger charge is -2.34. The topological polar surface area (TPSA) is 66.8 Å². The summed E-state index contributed by atoms with van der Waals surface area (Å²) in [5.74, 6) is -1.12. The summed E-state index contributed by atoms with van der Waals surface area (Å²) in [6.45, 7) is 0.307. The van der Waals surface area contributed by atoms with Gasteiger partial charge in [-0.25, -0.2) is 9.59 Å². The molecule has 0 saturated heterocycles. The number of hydrogen-bond acceptors (Lipinski definition) is 3. The fraction of sp³-hybridized carbons (Fsp3) is 0.200. The Morgan fingerprint density at radius 2 is 1.61 bits per heavy atom. The van der Waals surface area contributed by atoms with Crippen molar-refractivity contribution in [1.82, 2.24) is 4.90 Å². The number of fused-ring (bicyclic) bond motifs is 4. The largest absolute Gasteiger partial charge is 0.480 e. The zero-order valence-corrected chi connectivity index (χ0v) is 17.4. The third-order valence-corrected chi connectivity index (χ3v) is 6.39. The number of nitrogens with zero attached hydrogens (tertiary/aromatic N) is 1. The van der Waals surface area contributed by atoms with Crippen molar-refractivity contribution in [3.63, 3.8) is 0 Å². The maximum Gasteiger partial charge on any atom is 0.410 e. The van der Waals surface area contributed by atoms with Crippen molar-refractivity contribution in [2.45, 2.75) is 24.9 Å². The number of carbonyl (C=O) groups is 2. The molecule has 156 valence electrons. The monoisotopic (exact) mass is 433 g/mol. The van der Waals surface area contributed by atoms with Gasteiger partial charge in [0.15, 0.2) is 0 Å². The van der Waals surface area contributed by atoms with Gasteiger partial charge in [0.05, 0.1) is 6.54 Å². The van der Waals surface area contributed by atoms with E-state index in [1.165, 1.54) is 4.90 Å². The summed E-state index contributed by atoms with van der Waals surface area (Å²) >= 11 is 6.09. The number of benzene rings is 3. The number of carbonyl (C=O) groups excluding carboxylic acids is 1. The minimum Gasteiger partial charge on any atom is -0.480 e. The molecule has 3 aromatic carbocycles. The number of aliphatic carboxylic acids is 1. The van der Waals surface area contributed by atoms with Gasteiger partial charge in [-0.15, -0.1) is 0 Å². The van der Waals surface area contributed by atoms with Crippen LogP contribution in [0.2, 0.25) is 5.02 Å². The molecule has 1 heterocycles. The van der Waals surface area contributed by atoms with Crippen LogP contribution in [0.5, 0.6) is 0 Å². The molecule has 31 heavy (non-hydrogen) atoms. The molecule has 3 aromatic rings. The van der Waals surface area contributed by atoms with E-state index in [1.54, 1.807) is 12.1 Å². The second kappa shape index (κ2) is 7.75. The van der Waals surface area contributed by atoms with Gasteiger partial charge in [-0.05, 0) is 45.5 Å². The Morgan fingerprint density at radius 3 is 2.26 bits per heavy atom. The zero-order valence-electron chi connectivity index (χ0n) is 16.6. The molecule has 6 heteroatoms. The van der Waals surface area contributed by atoms with Crippen LogP contribution in [0.15, 0.2) is 66.7 Å². The third-order valence-electron chi connectivity index (χ3n) is 6.15. The third kappa shape index (κ3) is 3.45. The summed E-state index contributed by atoms with van der Waals surface area (Å²) in [5, 5.41) is 10.3. The van der Waals surface area contributed by atoms with E-state index in [0.717, 1.165) is 33.4 Å². The van der Waals surface area contributed by atoms with Crippen LogP contribution in [0.25, 0.3) is 11.1 Å². The van der Waals surface area contributed by atoms with Crippen molar-refractivity contribution in [2.24, 2.45) is 0 Å². The summed E-state index contributed by atoms with van der Waals surface area (Å²) < 4.78 is 5.70. The SMILES string of the molecule is O=C(O)C1Cc2ccc(Cl)cc2CN1C(=O)OCC1c2ccccc2-c2ccccc21. The maximum absolute atomic E-state index is 13.0. The molecule has 2 aliphatic rings. The van der Waals surface area contributed by atoms with Gasteiger partial charge in [-0.2, -0.15) is 0 Å². The normalized spacial score (nSPS) is 16.9. The van der Waals surface area contributed by atoms with E-state index in [4.69, 9.17) is 16.3 Å². The molecule has 1 atom stereocenters. The van der Waals surface area contributed by atoms with Crippen LogP contribution < -0.4 is 0 Å². The van der Waals surface area contributed by atoms with Crippen LogP contribution in [-0.2, 0) is 22.5 Å². The summed E-state index contributed by atoms with van der Waals surface area (Å²) in [7, 11) is 0. The maximum atomic E-state index is 13.0. The highest BCUT2D eigenvalue weighted by atomic mass is 35.5. The van der Waals surface area contributed by atoms with E-state index in [9.17, 15) is 14.7 Å². The van der Waals surface area contributed by atoms with Crippen molar-refractivity contribution < 1.29 is 19.4 Å². The van der Waals surface area contributed by atoms with Gasteiger partial charge in [0.25, 0.3) is 0 Å². The lowest BCUT2D eigenvalue weighted by molar-refractivity contribution is -0.143. The summed E-state index contributed by atoms with van der Waals surface area (Å²) in [6.07, 6.45) is -0.397. The van der Waals surface area contributed by atoms with Gasteiger partial charge >= 0.3 is 12.1 Å². The van der Waals surface area contributed by atoms with E-state index >= 15 is 0 Å². The van der Waals surface area contributed by atoms with Crippen LogP contribution in [0.3, 0.4) is 0 Å². The number of carboxylic acids is 1. The van der Waals surface area contributed by atoms with Gasteiger partial charge in [0, 0.05) is 17.4 Å². The standard InChI is InChI=1S/C25H20ClNO4/c26-17-10-9-15-12-23(24(28)29)27(13-16(15)11-17)25(30)31-14-22-20-7-3-1-5-18(20)19-6-2-4-8-21(19)22/h1-11,22-23H,12-14H2,(H,28,29). The van der Waals surface area contributed by atoms with Crippen molar-refractivity contribution in [2.75, 3.05) is 6.61 Å². The first-order valence-electron chi connectivity index (χ1n) is 10.1. The Kier molecular flexibility index (Phi) is 4.91. The highest BCUT2D eigenvalue weighted by Gasteiger charge is 2.37.